The molecule has 25 heavy (non-hydrogen) atoms. The Morgan fingerprint density at radius 2 is 1.64 bits per heavy atom. The molecule has 1 atom stereocenters. The van der Waals surface area contributed by atoms with E-state index in [0.717, 1.165) is 17.5 Å². The minimum atomic E-state index is -3.84. The molecule has 0 aromatic heterocycles. The van der Waals surface area contributed by atoms with Crippen molar-refractivity contribution in [2.45, 2.75) is 44.6 Å². The van der Waals surface area contributed by atoms with Crippen molar-refractivity contribution < 1.29 is 22.1 Å². The van der Waals surface area contributed by atoms with Crippen molar-refractivity contribution in [3.63, 3.8) is 0 Å². The topological polar surface area (TPSA) is 69.7 Å². The van der Waals surface area contributed by atoms with Crippen molar-refractivity contribution >= 4 is 16.1 Å². The Hall–Kier alpha value is -2.34. The summed E-state index contributed by atoms with van der Waals surface area (Å²) in [5, 5.41) is 0. The lowest BCUT2D eigenvalue weighted by atomic mass is 10.1. The summed E-state index contributed by atoms with van der Waals surface area (Å²) in [6, 6.07) is 13.4. The summed E-state index contributed by atoms with van der Waals surface area (Å²) in [5.74, 6) is -0.0325. The van der Waals surface area contributed by atoms with Crippen molar-refractivity contribution in [1.29, 1.82) is 0 Å². The lowest BCUT2D eigenvalue weighted by Gasteiger charge is -2.12. The average Bonchev–Trinajstić information content (AvgIpc) is 2.53. The van der Waals surface area contributed by atoms with Gasteiger partial charge in [0.1, 0.15) is 10.6 Å². The molecule has 0 aliphatic carbocycles. The fourth-order valence-corrected chi connectivity index (χ4v) is 3.23. The van der Waals surface area contributed by atoms with Gasteiger partial charge in [-0.05, 0) is 56.5 Å². The zero-order valence-corrected chi connectivity index (χ0v) is 15.4. The number of benzene rings is 2. The van der Waals surface area contributed by atoms with Crippen LogP contribution < -0.4 is 4.18 Å². The molecule has 0 unspecified atom stereocenters. The monoisotopic (exact) mass is 362 g/mol. The minimum absolute atomic E-state index is 0.123. The molecule has 2 aromatic rings. The summed E-state index contributed by atoms with van der Waals surface area (Å²) >= 11 is 0. The molecular formula is C19H22O5S. The summed E-state index contributed by atoms with van der Waals surface area (Å²) in [4.78, 5) is 11.0. The Balaban J connectivity index is 1.98. The molecule has 0 aliphatic heterocycles. The van der Waals surface area contributed by atoms with Crippen LogP contribution in [0.1, 0.15) is 31.4 Å². The van der Waals surface area contributed by atoms with Gasteiger partial charge < -0.3 is 8.92 Å². The van der Waals surface area contributed by atoms with Gasteiger partial charge in [0.25, 0.3) is 0 Å². The minimum Gasteiger partial charge on any atom is -0.463 e. The number of aryl methyl sites for hydroxylation is 2. The second kappa shape index (κ2) is 8.16. The summed E-state index contributed by atoms with van der Waals surface area (Å²) in [6.07, 6.45) is 1.26. The predicted molar refractivity (Wildman–Crippen MR) is 95.0 cm³/mol. The molecule has 0 heterocycles. The van der Waals surface area contributed by atoms with E-state index in [1.165, 1.54) is 19.1 Å². The highest BCUT2D eigenvalue weighted by Crippen LogP contribution is 2.20. The van der Waals surface area contributed by atoms with E-state index < -0.39 is 10.1 Å². The third kappa shape index (κ3) is 5.90. The Kier molecular flexibility index (Phi) is 6.20. The van der Waals surface area contributed by atoms with Crippen molar-refractivity contribution in [3.05, 3.63) is 59.7 Å². The maximum absolute atomic E-state index is 12.2. The van der Waals surface area contributed by atoms with Crippen LogP contribution in [0.5, 0.6) is 5.75 Å². The summed E-state index contributed by atoms with van der Waals surface area (Å²) in [6.45, 7) is 5.11. The Morgan fingerprint density at radius 3 is 2.20 bits per heavy atom. The molecule has 6 heteroatoms. The molecule has 0 spiro atoms. The number of hydrogen-bond acceptors (Lipinski definition) is 5. The fourth-order valence-electron chi connectivity index (χ4n) is 2.30. The number of ether oxygens (including phenoxy) is 1. The molecule has 0 fully saturated rings. The smallest absolute Gasteiger partial charge is 0.339 e. The maximum atomic E-state index is 12.2. The molecule has 0 aliphatic rings. The standard InChI is InChI=1S/C19H22O5S/c1-14-4-12-19(13-5-14)25(21,22)24-18-10-8-17(9-11-18)7-6-15(2)23-16(3)20/h4-5,8-13,15H,6-7H2,1-3H3/t15-/m1/s1. The van der Waals surface area contributed by atoms with E-state index in [0.29, 0.717) is 6.42 Å². The van der Waals surface area contributed by atoms with Crippen LogP contribution in [0.2, 0.25) is 0 Å². The first-order valence-corrected chi connectivity index (χ1v) is 9.44. The van der Waals surface area contributed by atoms with E-state index in [-0.39, 0.29) is 22.7 Å². The first-order chi connectivity index (χ1) is 11.8. The highest BCUT2D eigenvalue weighted by atomic mass is 32.2. The molecule has 5 nitrogen and oxygen atoms in total. The van der Waals surface area contributed by atoms with Crippen LogP contribution in [0.25, 0.3) is 0 Å². The van der Waals surface area contributed by atoms with Crippen LogP contribution in [-0.2, 0) is 26.1 Å². The SMILES string of the molecule is CC(=O)O[C@H](C)CCc1ccc(OS(=O)(=O)c2ccc(C)cc2)cc1. The van der Waals surface area contributed by atoms with Crippen molar-refractivity contribution in [1.82, 2.24) is 0 Å². The number of rotatable bonds is 7. The first-order valence-electron chi connectivity index (χ1n) is 8.03. The molecule has 2 rings (SSSR count). The predicted octanol–water partition coefficient (Wildman–Crippen LogP) is 3.65. The number of carbonyl (C=O) groups is 1. The van der Waals surface area contributed by atoms with Gasteiger partial charge in [0.2, 0.25) is 0 Å². The number of esters is 1. The number of carbonyl (C=O) groups excluding carboxylic acids is 1. The van der Waals surface area contributed by atoms with E-state index in [4.69, 9.17) is 8.92 Å². The van der Waals surface area contributed by atoms with Gasteiger partial charge in [-0.2, -0.15) is 8.42 Å². The van der Waals surface area contributed by atoms with Crippen LogP contribution in [0.4, 0.5) is 0 Å². The van der Waals surface area contributed by atoms with E-state index in [9.17, 15) is 13.2 Å². The van der Waals surface area contributed by atoms with E-state index >= 15 is 0 Å². The lowest BCUT2D eigenvalue weighted by Crippen LogP contribution is -2.13. The molecule has 134 valence electrons. The second-order valence-electron chi connectivity index (χ2n) is 5.95. The van der Waals surface area contributed by atoms with Crippen LogP contribution >= 0.6 is 0 Å². The van der Waals surface area contributed by atoms with E-state index in [2.05, 4.69) is 0 Å². The van der Waals surface area contributed by atoms with Gasteiger partial charge in [0.15, 0.2) is 0 Å². The van der Waals surface area contributed by atoms with E-state index in [1.807, 2.05) is 13.8 Å². The van der Waals surface area contributed by atoms with Crippen LogP contribution in [-0.4, -0.2) is 20.5 Å². The zero-order chi connectivity index (χ0) is 18.4. The highest BCUT2D eigenvalue weighted by Gasteiger charge is 2.16. The number of hydrogen-bond donors (Lipinski definition) is 0. The molecule has 2 aromatic carbocycles. The normalized spacial score (nSPS) is 12.4. The fraction of sp³-hybridized carbons (Fsp3) is 0.316. The van der Waals surface area contributed by atoms with Crippen LogP contribution in [0.15, 0.2) is 53.4 Å². The van der Waals surface area contributed by atoms with E-state index in [1.54, 1.807) is 36.4 Å². The summed E-state index contributed by atoms with van der Waals surface area (Å²) < 4.78 is 34.7. The summed E-state index contributed by atoms with van der Waals surface area (Å²) in [5.41, 5.74) is 1.99. The van der Waals surface area contributed by atoms with Gasteiger partial charge in [-0.1, -0.05) is 29.8 Å². The zero-order valence-electron chi connectivity index (χ0n) is 14.6. The quantitative estimate of drug-likeness (QED) is 0.555. The van der Waals surface area contributed by atoms with Gasteiger partial charge in [-0.15, -0.1) is 0 Å². The van der Waals surface area contributed by atoms with Crippen LogP contribution in [0, 0.1) is 6.92 Å². The molecule has 0 radical (unpaired) electrons. The van der Waals surface area contributed by atoms with Gasteiger partial charge in [-0.3, -0.25) is 4.79 Å². The highest BCUT2D eigenvalue weighted by molar-refractivity contribution is 7.87. The molecule has 0 saturated heterocycles. The molecular weight excluding hydrogens is 340 g/mol. The molecule has 0 amide bonds. The Bertz CT molecular complexity index is 808. The molecule has 0 bridgehead atoms. The van der Waals surface area contributed by atoms with Crippen molar-refractivity contribution in [3.8, 4) is 5.75 Å². The maximum Gasteiger partial charge on any atom is 0.339 e. The summed E-state index contributed by atoms with van der Waals surface area (Å²) in [7, 11) is -3.84. The molecule has 0 N–H and O–H groups in total. The lowest BCUT2D eigenvalue weighted by molar-refractivity contribution is -0.145. The van der Waals surface area contributed by atoms with Gasteiger partial charge >= 0.3 is 16.1 Å². The van der Waals surface area contributed by atoms with Gasteiger partial charge in [0.05, 0.1) is 6.10 Å². The van der Waals surface area contributed by atoms with Crippen LogP contribution in [0.3, 0.4) is 0 Å². The Morgan fingerprint density at radius 1 is 1.04 bits per heavy atom. The van der Waals surface area contributed by atoms with Gasteiger partial charge in [0, 0.05) is 6.92 Å². The molecule has 0 saturated carbocycles. The average molecular weight is 362 g/mol. The third-order valence-corrected chi connectivity index (χ3v) is 4.91. The largest absolute Gasteiger partial charge is 0.463 e. The first kappa shape index (κ1) is 19.0. The van der Waals surface area contributed by atoms with Gasteiger partial charge in [-0.25, -0.2) is 0 Å². The second-order valence-corrected chi connectivity index (χ2v) is 7.50. The Labute approximate surface area is 148 Å². The van der Waals surface area contributed by atoms with Crippen molar-refractivity contribution in [2.24, 2.45) is 0 Å². The van der Waals surface area contributed by atoms with Crippen molar-refractivity contribution in [2.75, 3.05) is 0 Å². The third-order valence-electron chi connectivity index (χ3n) is 3.65.